The summed E-state index contributed by atoms with van der Waals surface area (Å²) in [6.07, 6.45) is 1.10. The summed E-state index contributed by atoms with van der Waals surface area (Å²) >= 11 is 0. The normalized spacial score (nSPS) is 11.3. The first-order valence-corrected chi connectivity index (χ1v) is 9.37. The standard InChI is InChI=1S/C23H27FN2O/c1-26(2)15-5-14-25-16-22-21-7-4-3-6-19(21)10-13-23(22)27-17-18-8-11-20(24)12-9-18/h3-4,6-13,25H,5,14-17H2,1-2H3. The molecule has 1 N–H and O–H groups in total. The lowest BCUT2D eigenvalue weighted by atomic mass is 10.0. The molecule has 0 saturated carbocycles. The SMILES string of the molecule is CN(C)CCCNCc1c(OCc2ccc(F)cc2)ccc2ccccc12. The highest BCUT2D eigenvalue weighted by Gasteiger charge is 2.09. The van der Waals surface area contributed by atoms with E-state index in [0.717, 1.165) is 37.4 Å². The van der Waals surface area contributed by atoms with Crippen molar-refractivity contribution in [2.24, 2.45) is 0 Å². The maximum atomic E-state index is 13.1. The number of rotatable bonds is 9. The predicted molar refractivity (Wildman–Crippen MR) is 110 cm³/mol. The minimum absolute atomic E-state index is 0.230. The van der Waals surface area contributed by atoms with Crippen LogP contribution >= 0.6 is 0 Å². The van der Waals surface area contributed by atoms with Gasteiger partial charge in [-0.2, -0.15) is 0 Å². The second kappa shape index (κ2) is 9.49. The van der Waals surface area contributed by atoms with Gasteiger partial charge in [-0.05, 0) is 68.1 Å². The van der Waals surface area contributed by atoms with E-state index in [9.17, 15) is 4.39 Å². The van der Waals surface area contributed by atoms with Crippen molar-refractivity contribution in [3.63, 3.8) is 0 Å². The third-order valence-corrected chi connectivity index (χ3v) is 4.57. The monoisotopic (exact) mass is 366 g/mol. The minimum Gasteiger partial charge on any atom is -0.489 e. The predicted octanol–water partition coefficient (Wildman–Crippen LogP) is 4.60. The van der Waals surface area contributed by atoms with E-state index in [2.05, 4.69) is 54.6 Å². The van der Waals surface area contributed by atoms with Gasteiger partial charge >= 0.3 is 0 Å². The molecule has 3 aromatic carbocycles. The van der Waals surface area contributed by atoms with Crippen molar-refractivity contribution in [3.8, 4) is 5.75 Å². The van der Waals surface area contributed by atoms with Crippen LogP contribution in [0.5, 0.6) is 5.75 Å². The van der Waals surface area contributed by atoms with E-state index in [1.54, 1.807) is 12.1 Å². The Labute approximate surface area is 160 Å². The van der Waals surface area contributed by atoms with Gasteiger partial charge in [-0.15, -0.1) is 0 Å². The summed E-state index contributed by atoms with van der Waals surface area (Å²) in [5.74, 6) is 0.644. The highest BCUT2D eigenvalue weighted by molar-refractivity contribution is 5.87. The summed E-state index contributed by atoms with van der Waals surface area (Å²) in [6.45, 7) is 3.20. The first-order chi connectivity index (χ1) is 13.1. The van der Waals surface area contributed by atoms with Crippen LogP contribution in [0.25, 0.3) is 10.8 Å². The van der Waals surface area contributed by atoms with Crippen LogP contribution in [0.4, 0.5) is 4.39 Å². The molecule has 0 atom stereocenters. The summed E-state index contributed by atoms with van der Waals surface area (Å²) in [5.41, 5.74) is 2.12. The average molecular weight is 366 g/mol. The molecule has 142 valence electrons. The second-order valence-electron chi connectivity index (χ2n) is 7.01. The number of fused-ring (bicyclic) bond motifs is 1. The number of benzene rings is 3. The molecular weight excluding hydrogens is 339 g/mol. The lowest BCUT2D eigenvalue weighted by Gasteiger charge is -2.16. The molecule has 0 fully saturated rings. The number of hydrogen-bond donors (Lipinski definition) is 1. The molecule has 0 aliphatic rings. The Kier molecular flexibility index (Phi) is 6.80. The summed E-state index contributed by atoms with van der Waals surface area (Å²) in [7, 11) is 4.18. The molecule has 0 amide bonds. The van der Waals surface area contributed by atoms with E-state index in [1.165, 1.54) is 28.5 Å². The summed E-state index contributed by atoms with van der Waals surface area (Å²) in [5, 5.41) is 5.95. The van der Waals surface area contributed by atoms with Gasteiger partial charge in [0.05, 0.1) is 0 Å². The van der Waals surface area contributed by atoms with Gasteiger partial charge in [-0.25, -0.2) is 4.39 Å². The van der Waals surface area contributed by atoms with Crippen LogP contribution < -0.4 is 10.1 Å². The largest absolute Gasteiger partial charge is 0.489 e. The Hall–Kier alpha value is -2.43. The molecule has 0 spiro atoms. The first-order valence-electron chi connectivity index (χ1n) is 9.37. The Morgan fingerprint density at radius 2 is 1.74 bits per heavy atom. The molecule has 0 aliphatic heterocycles. The maximum Gasteiger partial charge on any atom is 0.124 e. The number of ether oxygens (including phenoxy) is 1. The number of nitrogens with zero attached hydrogens (tertiary/aromatic N) is 1. The van der Waals surface area contributed by atoms with Crippen LogP contribution in [0.1, 0.15) is 17.5 Å². The van der Waals surface area contributed by atoms with E-state index in [-0.39, 0.29) is 5.82 Å². The molecular formula is C23H27FN2O. The van der Waals surface area contributed by atoms with Gasteiger partial charge in [0, 0.05) is 12.1 Å². The summed E-state index contributed by atoms with van der Waals surface area (Å²) in [6, 6.07) is 18.9. The molecule has 3 nitrogen and oxygen atoms in total. The van der Waals surface area contributed by atoms with E-state index in [1.807, 2.05) is 6.07 Å². The van der Waals surface area contributed by atoms with Crippen LogP contribution in [-0.2, 0) is 13.2 Å². The number of nitrogens with one attached hydrogen (secondary N) is 1. The van der Waals surface area contributed by atoms with Gasteiger partial charge in [-0.1, -0.05) is 42.5 Å². The van der Waals surface area contributed by atoms with Crippen molar-refractivity contribution in [3.05, 3.63) is 77.6 Å². The fraction of sp³-hybridized carbons (Fsp3) is 0.304. The van der Waals surface area contributed by atoms with E-state index < -0.39 is 0 Å². The van der Waals surface area contributed by atoms with E-state index in [0.29, 0.717) is 6.61 Å². The molecule has 0 aromatic heterocycles. The van der Waals surface area contributed by atoms with Crippen LogP contribution in [0.3, 0.4) is 0 Å². The highest BCUT2D eigenvalue weighted by Crippen LogP contribution is 2.28. The molecule has 3 aromatic rings. The molecule has 0 saturated heterocycles. The Morgan fingerprint density at radius 1 is 0.963 bits per heavy atom. The van der Waals surface area contributed by atoms with Crippen molar-refractivity contribution >= 4 is 10.8 Å². The minimum atomic E-state index is -0.230. The van der Waals surface area contributed by atoms with Crippen LogP contribution in [0.2, 0.25) is 0 Å². The Balaban J connectivity index is 1.73. The first kappa shape index (κ1) is 19.3. The summed E-state index contributed by atoms with van der Waals surface area (Å²) in [4.78, 5) is 2.19. The van der Waals surface area contributed by atoms with E-state index in [4.69, 9.17) is 4.74 Å². The van der Waals surface area contributed by atoms with Crippen molar-refractivity contribution in [1.29, 1.82) is 0 Å². The van der Waals surface area contributed by atoms with Gasteiger partial charge in [0.25, 0.3) is 0 Å². The zero-order chi connectivity index (χ0) is 19.1. The van der Waals surface area contributed by atoms with Crippen LogP contribution in [-0.4, -0.2) is 32.1 Å². The fourth-order valence-electron chi connectivity index (χ4n) is 3.11. The third-order valence-electron chi connectivity index (χ3n) is 4.57. The van der Waals surface area contributed by atoms with Crippen molar-refractivity contribution in [1.82, 2.24) is 10.2 Å². The lowest BCUT2D eigenvalue weighted by Crippen LogP contribution is -2.21. The molecule has 0 aliphatic carbocycles. The van der Waals surface area contributed by atoms with Gasteiger partial charge in [0.15, 0.2) is 0 Å². The van der Waals surface area contributed by atoms with Gasteiger partial charge < -0.3 is 15.0 Å². The van der Waals surface area contributed by atoms with Crippen LogP contribution in [0.15, 0.2) is 60.7 Å². The highest BCUT2D eigenvalue weighted by atomic mass is 19.1. The molecule has 0 bridgehead atoms. The van der Waals surface area contributed by atoms with Gasteiger partial charge in [-0.3, -0.25) is 0 Å². The second-order valence-corrected chi connectivity index (χ2v) is 7.01. The summed E-state index contributed by atoms with van der Waals surface area (Å²) < 4.78 is 19.2. The smallest absolute Gasteiger partial charge is 0.124 e. The third kappa shape index (κ3) is 5.52. The fourth-order valence-corrected chi connectivity index (χ4v) is 3.11. The number of halogens is 1. The molecule has 4 heteroatoms. The maximum absolute atomic E-state index is 13.1. The van der Waals surface area contributed by atoms with Crippen LogP contribution in [0, 0.1) is 5.82 Å². The Morgan fingerprint density at radius 3 is 2.52 bits per heavy atom. The average Bonchev–Trinajstić information content (AvgIpc) is 2.67. The Bertz CT molecular complexity index is 862. The molecule has 3 rings (SSSR count). The van der Waals surface area contributed by atoms with Gasteiger partial charge in [0.2, 0.25) is 0 Å². The van der Waals surface area contributed by atoms with Crippen molar-refractivity contribution in [2.45, 2.75) is 19.6 Å². The zero-order valence-electron chi connectivity index (χ0n) is 16.0. The topological polar surface area (TPSA) is 24.5 Å². The van der Waals surface area contributed by atoms with Crippen molar-refractivity contribution < 1.29 is 9.13 Å². The molecule has 0 unspecified atom stereocenters. The van der Waals surface area contributed by atoms with Gasteiger partial charge in [0.1, 0.15) is 18.2 Å². The van der Waals surface area contributed by atoms with E-state index >= 15 is 0 Å². The molecule has 0 radical (unpaired) electrons. The number of hydrogen-bond acceptors (Lipinski definition) is 3. The lowest BCUT2D eigenvalue weighted by molar-refractivity contribution is 0.302. The molecule has 27 heavy (non-hydrogen) atoms. The van der Waals surface area contributed by atoms with Crippen molar-refractivity contribution in [2.75, 3.05) is 27.2 Å². The quantitative estimate of drug-likeness (QED) is 0.560. The molecule has 0 heterocycles. The zero-order valence-corrected chi connectivity index (χ0v) is 16.0.